The Morgan fingerprint density at radius 3 is 2.05 bits per heavy atom. The second-order valence-electron chi connectivity index (χ2n) is 6.14. The Balaban J connectivity index is 0.00000220. The number of nitrogens with zero attached hydrogens (tertiary/aromatic N) is 1. The smallest absolute Gasteiger partial charge is 0.238 e. The summed E-state index contributed by atoms with van der Waals surface area (Å²) in [4.78, 5) is 26.3. The Kier molecular flexibility index (Phi) is 6.37. The fourth-order valence-corrected chi connectivity index (χ4v) is 2.89. The molecule has 2 rings (SSSR count). The molecule has 1 fully saturated rings. The van der Waals surface area contributed by atoms with Crippen LogP contribution in [0.1, 0.15) is 49.0 Å². The van der Waals surface area contributed by atoms with Crippen molar-refractivity contribution in [3.8, 4) is 5.75 Å². The molecule has 0 aliphatic carbocycles. The van der Waals surface area contributed by atoms with Crippen LogP contribution >= 0.6 is 0 Å². The molecular formula is C18H29NO3. The van der Waals surface area contributed by atoms with Gasteiger partial charge in [-0.15, -0.1) is 0 Å². The van der Waals surface area contributed by atoms with Gasteiger partial charge in [-0.1, -0.05) is 49.0 Å². The summed E-state index contributed by atoms with van der Waals surface area (Å²) in [6, 6.07) is 6.16. The molecule has 2 atom stereocenters. The van der Waals surface area contributed by atoms with Gasteiger partial charge in [-0.2, -0.15) is 0 Å². The molecule has 1 aliphatic heterocycles. The molecule has 1 N–H and O–H groups in total. The van der Waals surface area contributed by atoms with E-state index in [1.54, 1.807) is 12.1 Å². The van der Waals surface area contributed by atoms with Gasteiger partial charge >= 0.3 is 0 Å². The van der Waals surface area contributed by atoms with Crippen LogP contribution in [0.2, 0.25) is 0 Å². The molecule has 1 heterocycles. The summed E-state index contributed by atoms with van der Waals surface area (Å²) in [6.07, 6.45) is 0.838. The molecule has 1 saturated heterocycles. The van der Waals surface area contributed by atoms with E-state index in [1.807, 2.05) is 27.7 Å². The van der Waals surface area contributed by atoms with E-state index in [4.69, 9.17) is 0 Å². The van der Waals surface area contributed by atoms with Crippen LogP contribution in [0.4, 0.5) is 5.69 Å². The van der Waals surface area contributed by atoms with Crippen LogP contribution in [-0.2, 0) is 9.59 Å². The van der Waals surface area contributed by atoms with E-state index in [-0.39, 0.29) is 49.7 Å². The topological polar surface area (TPSA) is 57.6 Å². The highest BCUT2D eigenvalue weighted by molar-refractivity contribution is 6.22. The number of aromatic hydroxyl groups is 1. The van der Waals surface area contributed by atoms with Gasteiger partial charge in [0.1, 0.15) is 5.75 Å². The zero-order chi connectivity index (χ0) is 15.1. The molecule has 1 aromatic rings. The molecule has 2 unspecified atom stereocenters. The molecule has 22 heavy (non-hydrogen) atoms. The highest BCUT2D eigenvalue weighted by Gasteiger charge is 2.51. The summed E-state index contributed by atoms with van der Waals surface area (Å²) in [6.45, 7) is 7.91. The number of anilines is 1. The number of phenols is 1. The zero-order valence-corrected chi connectivity index (χ0v) is 12.4. The van der Waals surface area contributed by atoms with Crippen molar-refractivity contribution < 1.29 is 14.7 Å². The third-order valence-electron chi connectivity index (χ3n) is 4.46. The number of imide groups is 1. The van der Waals surface area contributed by atoms with Gasteiger partial charge < -0.3 is 5.11 Å². The monoisotopic (exact) mass is 307 g/mol. The first-order valence-corrected chi connectivity index (χ1v) is 6.96. The first-order chi connectivity index (χ1) is 9.29. The maximum atomic E-state index is 12.7. The van der Waals surface area contributed by atoms with Crippen LogP contribution in [0.25, 0.3) is 0 Å². The minimum absolute atomic E-state index is 0. The number of hydrogen-bond donors (Lipinski definition) is 1. The third kappa shape index (κ3) is 3.16. The maximum absolute atomic E-state index is 12.7. The van der Waals surface area contributed by atoms with Crippen molar-refractivity contribution >= 4 is 17.5 Å². The van der Waals surface area contributed by atoms with Crippen LogP contribution in [-0.4, -0.2) is 16.9 Å². The average molecular weight is 307 g/mol. The van der Waals surface area contributed by atoms with E-state index >= 15 is 0 Å². The fourth-order valence-electron chi connectivity index (χ4n) is 2.89. The van der Waals surface area contributed by atoms with E-state index in [1.165, 1.54) is 17.0 Å². The van der Waals surface area contributed by atoms with E-state index in [9.17, 15) is 14.7 Å². The lowest BCUT2D eigenvalue weighted by Gasteiger charge is -2.30. The second kappa shape index (κ2) is 6.95. The minimum atomic E-state index is -0.314. The third-order valence-corrected chi connectivity index (χ3v) is 4.46. The average Bonchev–Trinajstić information content (AvgIpc) is 2.62. The van der Waals surface area contributed by atoms with Crippen molar-refractivity contribution in [3.05, 3.63) is 24.3 Å². The van der Waals surface area contributed by atoms with E-state index in [2.05, 4.69) is 0 Å². The first kappa shape index (κ1) is 20.2. The van der Waals surface area contributed by atoms with Gasteiger partial charge in [0, 0.05) is 5.92 Å². The highest BCUT2D eigenvalue weighted by atomic mass is 16.3. The van der Waals surface area contributed by atoms with Crippen molar-refractivity contribution in [2.45, 2.75) is 49.0 Å². The minimum Gasteiger partial charge on any atom is -0.508 e. The molecule has 0 aromatic heterocycles. The number of hydrogen-bond acceptors (Lipinski definition) is 3. The zero-order valence-electron chi connectivity index (χ0n) is 12.4. The number of carbonyl (C=O) groups is 2. The molecule has 0 saturated carbocycles. The van der Waals surface area contributed by atoms with Crippen LogP contribution in [0.3, 0.4) is 0 Å². The SMILES string of the molecule is C.C.CCC(C)(C)C1C(=O)N(c2ccc(O)cc2)C(=O)C1C. The Morgan fingerprint density at radius 2 is 1.59 bits per heavy atom. The largest absolute Gasteiger partial charge is 0.508 e. The highest BCUT2D eigenvalue weighted by Crippen LogP contribution is 2.43. The normalized spacial score (nSPS) is 21.4. The molecule has 4 heteroatoms. The van der Waals surface area contributed by atoms with Crippen LogP contribution < -0.4 is 4.90 Å². The van der Waals surface area contributed by atoms with Crippen molar-refractivity contribution in [2.75, 3.05) is 4.90 Å². The molecule has 2 amide bonds. The number of rotatable bonds is 3. The molecule has 0 spiro atoms. The van der Waals surface area contributed by atoms with Gasteiger partial charge in [0.15, 0.2) is 0 Å². The Labute approximate surface area is 134 Å². The van der Waals surface area contributed by atoms with Crippen LogP contribution in [0, 0.1) is 17.3 Å². The van der Waals surface area contributed by atoms with E-state index < -0.39 is 0 Å². The Bertz CT molecular complexity index is 534. The molecule has 0 radical (unpaired) electrons. The van der Waals surface area contributed by atoms with Gasteiger partial charge in [0.25, 0.3) is 0 Å². The summed E-state index contributed by atoms with van der Waals surface area (Å²) < 4.78 is 0. The summed E-state index contributed by atoms with van der Waals surface area (Å²) in [5.41, 5.74) is 0.316. The first-order valence-electron chi connectivity index (χ1n) is 6.96. The molecule has 0 bridgehead atoms. The lowest BCUT2D eigenvalue weighted by Crippen LogP contribution is -2.35. The number of phenolic OH excluding ortho intramolecular Hbond substituents is 1. The Hall–Kier alpha value is -1.84. The summed E-state index contributed by atoms with van der Waals surface area (Å²) in [5, 5.41) is 9.31. The quantitative estimate of drug-likeness (QED) is 0.850. The predicted molar refractivity (Wildman–Crippen MR) is 90.8 cm³/mol. The number of amides is 2. The molecule has 4 nitrogen and oxygen atoms in total. The van der Waals surface area contributed by atoms with E-state index in [0.29, 0.717) is 5.69 Å². The van der Waals surface area contributed by atoms with Crippen molar-refractivity contribution in [1.82, 2.24) is 0 Å². The van der Waals surface area contributed by atoms with Gasteiger partial charge in [-0.3, -0.25) is 14.5 Å². The van der Waals surface area contributed by atoms with Crippen LogP contribution in [0.5, 0.6) is 5.75 Å². The summed E-state index contributed by atoms with van der Waals surface area (Å²) in [5.74, 6) is -0.793. The van der Waals surface area contributed by atoms with Crippen molar-refractivity contribution in [2.24, 2.45) is 17.3 Å². The van der Waals surface area contributed by atoms with Gasteiger partial charge in [0.05, 0.1) is 11.6 Å². The Morgan fingerprint density at radius 1 is 1.09 bits per heavy atom. The lowest BCUT2D eigenvalue weighted by molar-refractivity contribution is -0.124. The molecule has 1 aliphatic rings. The van der Waals surface area contributed by atoms with Crippen LogP contribution in [0.15, 0.2) is 24.3 Å². The lowest BCUT2D eigenvalue weighted by atomic mass is 9.72. The molecular weight excluding hydrogens is 278 g/mol. The van der Waals surface area contributed by atoms with Gasteiger partial charge in [-0.25, -0.2) is 0 Å². The predicted octanol–water partition coefficient (Wildman–Crippen LogP) is 4.23. The number of carbonyl (C=O) groups excluding carboxylic acids is 2. The van der Waals surface area contributed by atoms with E-state index in [0.717, 1.165) is 6.42 Å². The second-order valence-corrected chi connectivity index (χ2v) is 6.14. The van der Waals surface area contributed by atoms with Crippen molar-refractivity contribution in [1.29, 1.82) is 0 Å². The van der Waals surface area contributed by atoms with Crippen molar-refractivity contribution in [3.63, 3.8) is 0 Å². The summed E-state index contributed by atoms with van der Waals surface area (Å²) in [7, 11) is 0. The standard InChI is InChI=1S/C16H21NO3.2CH4/c1-5-16(3,4)13-10(2)14(19)17(15(13)20)11-6-8-12(18)9-7-11;;/h6-10,13,18H,5H2,1-4H3;2*1H4. The van der Waals surface area contributed by atoms with Gasteiger partial charge in [-0.05, 0) is 29.7 Å². The fraction of sp³-hybridized carbons (Fsp3) is 0.556. The summed E-state index contributed by atoms with van der Waals surface area (Å²) >= 11 is 0. The molecule has 124 valence electrons. The molecule has 1 aromatic carbocycles. The maximum Gasteiger partial charge on any atom is 0.238 e. The van der Waals surface area contributed by atoms with Gasteiger partial charge in [0.2, 0.25) is 11.8 Å². The number of benzene rings is 1.